The summed E-state index contributed by atoms with van der Waals surface area (Å²) in [5.41, 5.74) is 9.05. The lowest BCUT2D eigenvalue weighted by Crippen LogP contribution is -2.54. The molecule has 4 rings (SSSR count). The number of nitrogens with zero attached hydrogens (tertiary/aromatic N) is 6. The van der Waals surface area contributed by atoms with Crippen molar-refractivity contribution in [2.24, 2.45) is 0 Å². The molecule has 2 aliphatic rings. The van der Waals surface area contributed by atoms with Gasteiger partial charge in [-0.25, -0.2) is 9.97 Å². The number of hydrogen-bond donors (Lipinski definition) is 1. The monoisotopic (exact) mass is 445 g/mol. The second-order valence-electron chi connectivity index (χ2n) is 8.57. The number of carbonyl (C=O) groups excluding carboxylic acids is 1. The smallest absolute Gasteiger partial charge is 0.225 e. The van der Waals surface area contributed by atoms with Crippen LogP contribution in [-0.4, -0.2) is 60.2 Å². The zero-order chi connectivity index (χ0) is 23.5. The lowest BCUT2D eigenvalue weighted by atomic mass is 9.99. The molecule has 1 aliphatic heterocycles. The number of carbonyl (C=O) groups is 1. The first-order chi connectivity index (χ1) is 16.0. The molecule has 1 saturated heterocycles. The number of nitriles is 2. The van der Waals surface area contributed by atoms with Gasteiger partial charge in [0, 0.05) is 56.0 Å². The lowest BCUT2D eigenvalue weighted by molar-refractivity contribution is -0.134. The Morgan fingerprint density at radius 3 is 2.64 bits per heavy atom. The number of piperazine rings is 1. The third-order valence-electron chi connectivity index (χ3n) is 6.23. The van der Waals surface area contributed by atoms with Crippen LogP contribution in [0.3, 0.4) is 0 Å². The Balaban J connectivity index is 1.66. The van der Waals surface area contributed by atoms with Crippen LogP contribution in [0.4, 0.5) is 11.6 Å². The molecular formula is C24H27N7O2. The van der Waals surface area contributed by atoms with Gasteiger partial charge in [-0.3, -0.25) is 4.79 Å². The first kappa shape index (κ1) is 22.5. The van der Waals surface area contributed by atoms with E-state index in [0.717, 1.165) is 29.7 Å². The van der Waals surface area contributed by atoms with E-state index in [4.69, 9.17) is 15.5 Å². The van der Waals surface area contributed by atoms with Crippen LogP contribution in [0.15, 0.2) is 18.3 Å². The predicted octanol–water partition coefficient (Wildman–Crippen LogP) is 2.42. The molecule has 1 atom stereocenters. The van der Waals surface area contributed by atoms with Gasteiger partial charge in [0.2, 0.25) is 5.91 Å². The van der Waals surface area contributed by atoms with Crippen molar-refractivity contribution in [3.05, 3.63) is 35.2 Å². The van der Waals surface area contributed by atoms with Crippen LogP contribution in [0.5, 0.6) is 0 Å². The van der Waals surface area contributed by atoms with Gasteiger partial charge in [-0.1, -0.05) is 0 Å². The summed E-state index contributed by atoms with van der Waals surface area (Å²) in [7, 11) is 1.59. The lowest BCUT2D eigenvalue weighted by Gasteiger charge is -2.41. The molecule has 9 heteroatoms. The topological polar surface area (TPSA) is 132 Å². The van der Waals surface area contributed by atoms with Gasteiger partial charge in [-0.15, -0.1) is 0 Å². The zero-order valence-corrected chi connectivity index (χ0v) is 18.9. The maximum Gasteiger partial charge on any atom is 0.225 e. The van der Waals surface area contributed by atoms with Crippen LogP contribution >= 0.6 is 0 Å². The minimum absolute atomic E-state index is 0.0000131. The third kappa shape index (κ3) is 4.59. The minimum Gasteiger partial charge on any atom is -0.384 e. The average Bonchev–Trinajstić information content (AvgIpc) is 3.67. The van der Waals surface area contributed by atoms with E-state index in [1.165, 1.54) is 0 Å². The van der Waals surface area contributed by atoms with E-state index in [2.05, 4.69) is 22.0 Å². The largest absolute Gasteiger partial charge is 0.384 e. The number of rotatable bonds is 6. The Morgan fingerprint density at radius 2 is 2.00 bits per heavy atom. The number of nitrogens with two attached hydrogens (primary N) is 1. The Bertz CT molecular complexity index is 1150. The summed E-state index contributed by atoms with van der Waals surface area (Å²) >= 11 is 0. The normalized spacial score (nSPS) is 18.0. The molecule has 1 unspecified atom stereocenters. The molecule has 2 aromatic rings. The van der Waals surface area contributed by atoms with Gasteiger partial charge in [0.25, 0.3) is 0 Å². The van der Waals surface area contributed by atoms with Crippen molar-refractivity contribution < 1.29 is 9.53 Å². The van der Waals surface area contributed by atoms with E-state index < -0.39 is 0 Å². The molecule has 0 aromatic carbocycles. The van der Waals surface area contributed by atoms with Crippen LogP contribution in [-0.2, 0) is 9.53 Å². The van der Waals surface area contributed by atoms with Gasteiger partial charge in [0.15, 0.2) is 0 Å². The number of anilines is 2. The summed E-state index contributed by atoms with van der Waals surface area (Å²) in [5.74, 6) is 1.24. The van der Waals surface area contributed by atoms with Crippen molar-refractivity contribution in [1.29, 1.82) is 10.5 Å². The average molecular weight is 446 g/mol. The molecule has 1 saturated carbocycles. The van der Waals surface area contributed by atoms with Crippen molar-refractivity contribution in [3.8, 4) is 23.3 Å². The molecule has 0 spiro atoms. The summed E-state index contributed by atoms with van der Waals surface area (Å²) in [6.45, 7) is 4.21. The summed E-state index contributed by atoms with van der Waals surface area (Å²) in [5, 5.41) is 19.3. The predicted molar refractivity (Wildman–Crippen MR) is 123 cm³/mol. The molecule has 1 amide bonds. The quantitative estimate of drug-likeness (QED) is 0.717. The minimum atomic E-state index is -0.0000131. The van der Waals surface area contributed by atoms with Crippen LogP contribution in [0.25, 0.3) is 11.1 Å². The number of nitrogen functional groups attached to an aromatic ring is 1. The fourth-order valence-electron chi connectivity index (χ4n) is 4.31. The van der Waals surface area contributed by atoms with E-state index >= 15 is 0 Å². The fourth-order valence-corrected chi connectivity index (χ4v) is 4.31. The SMILES string of the molecule is COCCC(=O)N1CCN(c2nc(C3CC3)c(-c3cnc(N)c(C#N)c3)cc2C#N)CC1C. The van der Waals surface area contributed by atoms with Crippen molar-refractivity contribution >= 4 is 17.5 Å². The van der Waals surface area contributed by atoms with Crippen LogP contribution in [0.2, 0.25) is 0 Å². The van der Waals surface area contributed by atoms with Gasteiger partial charge < -0.3 is 20.3 Å². The van der Waals surface area contributed by atoms with Crippen LogP contribution in [0.1, 0.15) is 48.9 Å². The summed E-state index contributed by atoms with van der Waals surface area (Å²) < 4.78 is 5.04. The standard InChI is InChI=1S/C24H27N7O2/c1-15-14-30(6-7-31(15)21(32)5-8-33-2)24-18(12-26)10-20(22(29-24)16-3-4-16)19-9-17(11-25)23(27)28-13-19/h9-10,13,15-16H,3-8,14H2,1-2H3,(H2,27,28). The number of hydrogen-bond acceptors (Lipinski definition) is 8. The second-order valence-corrected chi connectivity index (χ2v) is 8.57. The highest BCUT2D eigenvalue weighted by Crippen LogP contribution is 2.45. The van der Waals surface area contributed by atoms with E-state index in [9.17, 15) is 15.3 Å². The molecule has 0 radical (unpaired) electrons. The highest BCUT2D eigenvalue weighted by Gasteiger charge is 2.33. The van der Waals surface area contributed by atoms with Gasteiger partial charge in [0.1, 0.15) is 23.8 Å². The number of aromatic nitrogens is 2. The Labute approximate surface area is 193 Å². The highest BCUT2D eigenvalue weighted by molar-refractivity contribution is 5.77. The summed E-state index contributed by atoms with van der Waals surface area (Å²) in [4.78, 5) is 25.6. The van der Waals surface area contributed by atoms with Crippen LogP contribution in [0, 0.1) is 22.7 Å². The number of ether oxygens (including phenoxy) is 1. The Morgan fingerprint density at radius 1 is 1.24 bits per heavy atom. The molecule has 2 aromatic heterocycles. The van der Waals surface area contributed by atoms with E-state index in [0.29, 0.717) is 55.5 Å². The molecule has 170 valence electrons. The molecule has 1 aliphatic carbocycles. The third-order valence-corrected chi connectivity index (χ3v) is 6.23. The van der Waals surface area contributed by atoms with Crippen LogP contribution < -0.4 is 10.6 Å². The number of pyridine rings is 2. The molecule has 2 fully saturated rings. The zero-order valence-electron chi connectivity index (χ0n) is 18.9. The Kier molecular flexibility index (Phi) is 6.43. The maximum absolute atomic E-state index is 12.5. The van der Waals surface area contributed by atoms with Crippen molar-refractivity contribution in [2.45, 2.75) is 38.1 Å². The molecule has 3 heterocycles. The van der Waals surface area contributed by atoms with Gasteiger partial charge in [-0.2, -0.15) is 10.5 Å². The van der Waals surface area contributed by atoms with Gasteiger partial charge in [-0.05, 0) is 31.9 Å². The van der Waals surface area contributed by atoms with Crippen molar-refractivity contribution in [2.75, 3.05) is 44.0 Å². The van der Waals surface area contributed by atoms with E-state index in [1.807, 2.05) is 17.9 Å². The van der Waals surface area contributed by atoms with Gasteiger partial charge in [0.05, 0.1) is 29.8 Å². The first-order valence-electron chi connectivity index (χ1n) is 11.1. The first-order valence-corrected chi connectivity index (χ1v) is 11.1. The van der Waals surface area contributed by atoms with Gasteiger partial charge >= 0.3 is 0 Å². The summed E-state index contributed by atoms with van der Waals surface area (Å²) in [6, 6.07) is 7.93. The number of amides is 1. The van der Waals surface area contributed by atoms with Crippen molar-refractivity contribution in [3.63, 3.8) is 0 Å². The van der Waals surface area contributed by atoms with Crippen molar-refractivity contribution in [1.82, 2.24) is 14.9 Å². The molecule has 33 heavy (non-hydrogen) atoms. The number of methoxy groups -OCH3 is 1. The Hall–Kier alpha value is -3.69. The maximum atomic E-state index is 12.5. The second kappa shape index (κ2) is 9.43. The molecule has 0 bridgehead atoms. The molecule has 2 N–H and O–H groups in total. The highest BCUT2D eigenvalue weighted by atomic mass is 16.5. The molecular weight excluding hydrogens is 418 g/mol. The van der Waals surface area contributed by atoms with E-state index in [1.54, 1.807) is 19.4 Å². The van der Waals surface area contributed by atoms with E-state index in [-0.39, 0.29) is 17.8 Å². The molecule has 9 nitrogen and oxygen atoms in total. The fraction of sp³-hybridized carbons (Fsp3) is 0.458. The summed E-state index contributed by atoms with van der Waals surface area (Å²) in [6.07, 6.45) is 4.07.